The summed E-state index contributed by atoms with van der Waals surface area (Å²) in [6, 6.07) is 7.00. The third kappa shape index (κ3) is 1.37. The van der Waals surface area contributed by atoms with E-state index in [1.165, 1.54) is 12.0 Å². The molecule has 0 atom stereocenters. The first-order valence-corrected chi connectivity index (χ1v) is 5.45. The summed E-state index contributed by atoms with van der Waals surface area (Å²) in [5, 5.41) is 0. The average Bonchev–Trinajstić information content (AvgIpc) is 2.00. The summed E-state index contributed by atoms with van der Waals surface area (Å²) in [6.07, 6.45) is 1.24. The van der Waals surface area contributed by atoms with Gasteiger partial charge in [-0.25, -0.2) is 0 Å². The van der Waals surface area contributed by atoms with E-state index in [2.05, 4.69) is 52.8 Å². The molecule has 14 heavy (non-hydrogen) atoms. The molecule has 76 valence electrons. The van der Waals surface area contributed by atoms with E-state index in [1.807, 2.05) is 0 Å². The van der Waals surface area contributed by atoms with Gasteiger partial charge in [0, 0.05) is 0 Å². The van der Waals surface area contributed by atoms with Gasteiger partial charge in [-0.3, -0.25) is 0 Å². The maximum Gasteiger partial charge on any atom is -0.00604 e. The quantitative estimate of drug-likeness (QED) is 0.580. The predicted molar refractivity (Wildman–Crippen MR) is 61.9 cm³/mol. The fourth-order valence-corrected chi connectivity index (χ4v) is 2.33. The molecule has 0 amide bonds. The number of fused-ring (bicyclic) bond motifs is 1. The Morgan fingerprint density at radius 2 is 1.79 bits per heavy atom. The molecule has 0 bridgehead atoms. The first kappa shape index (κ1) is 9.76. The van der Waals surface area contributed by atoms with Crippen molar-refractivity contribution in [3.8, 4) is 0 Å². The van der Waals surface area contributed by atoms with Crippen molar-refractivity contribution in [3.05, 3.63) is 34.9 Å². The van der Waals surface area contributed by atoms with Gasteiger partial charge in [-0.1, -0.05) is 52.8 Å². The van der Waals surface area contributed by atoms with Crippen LogP contribution in [0.4, 0.5) is 0 Å². The molecule has 1 aromatic carbocycles. The van der Waals surface area contributed by atoms with Gasteiger partial charge in [0.1, 0.15) is 0 Å². The second-order valence-corrected chi connectivity index (χ2v) is 6.18. The van der Waals surface area contributed by atoms with Crippen LogP contribution in [0.2, 0.25) is 0 Å². The molecule has 0 fully saturated rings. The standard InChI is InChI=1S/C14H20/c1-13(2,3)11-6-7-12-10(8-11)9-14(12,4)5/h6-8H,9H2,1-5H3. The molecule has 0 aromatic heterocycles. The van der Waals surface area contributed by atoms with E-state index in [0.29, 0.717) is 5.41 Å². The highest BCUT2D eigenvalue weighted by molar-refractivity contribution is 5.47. The van der Waals surface area contributed by atoms with Gasteiger partial charge in [-0.15, -0.1) is 0 Å². The van der Waals surface area contributed by atoms with Crippen molar-refractivity contribution >= 4 is 0 Å². The van der Waals surface area contributed by atoms with Gasteiger partial charge < -0.3 is 0 Å². The predicted octanol–water partition coefficient (Wildman–Crippen LogP) is 3.82. The molecular weight excluding hydrogens is 168 g/mol. The molecule has 0 N–H and O–H groups in total. The molecule has 1 aromatic rings. The summed E-state index contributed by atoms with van der Waals surface area (Å²) in [4.78, 5) is 0. The highest BCUT2D eigenvalue weighted by atomic mass is 14.4. The van der Waals surface area contributed by atoms with Gasteiger partial charge in [0.25, 0.3) is 0 Å². The molecule has 0 nitrogen and oxygen atoms in total. The monoisotopic (exact) mass is 188 g/mol. The number of hydrogen-bond acceptors (Lipinski definition) is 0. The van der Waals surface area contributed by atoms with Gasteiger partial charge >= 0.3 is 0 Å². The number of rotatable bonds is 0. The lowest BCUT2D eigenvalue weighted by Crippen LogP contribution is -2.33. The van der Waals surface area contributed by atoms with E-state index in [1.54, 1.807) is 11.1 Å². The molecule has 0 saturated carbocycles. The normalized spacial score (nSPS) is 18.6. The third-order valence-electron chi connectivity index (χ3n) is 3.33. The lowest BCUT2D eigenvalue weighted by Gasteiger charge is -2.39. The van der Waals surface area contributed by atoms with Crippen molar-refractivity contribution in [2.45, 2.75) is 51.9 Å². The van der Waals surface area contributed by atoms with Crippen molar-refractivity contribution in [2.75, 3.05) is 0 Å². The summed E-state index contributed by atoms with van der Waals surface area (Å²) in [5.41, 5.74) is 5.28. The molecule has 2 rings (SSSR count). The van der Waals surface area contributed by atoms with Crippen LogP contribution >= 0.6 is 0 Å². The topological polar surface area (TPSA) is 0 Å². The third-order valence-corrected chi connectivity index (χ3v) is 3.33. The first-order valence-electron chi connectivity index (χ1n) is 5.45. The lowest BCUT2D eigenvalue weighted by atomic mass is 9.65. The van der Waals surface area contributed by atoms with Crippen LogP contribution in [-0.2, 0) is 17.3 Å². The molecule has 1 aliphatic rings. The molecular formula is C14H20. The first-order chi connectivity index (χ1) is 6.31. The molecule has 0 unspecified atom stereocenters. The van der Waals surface area contributed by atoms with E-state index >= 15 is 0 Å². The second-order valence-electron chi connectivity index (χ2n) is 6.18. The van der Waals surface area contributed by atoms with Crippen LogP contribution in [0.1, 0.15) is 51.3 Å². The Kier molecular flexibility index (Phi) is 1.83. The highest BCUT2D eigenvalue weighted by Gasteiger charge is 2.34. The Morgan fingerprint density at radius 3 is 2.21 bits per heavy atom. The van der Waals surface area contributed by atoms with Crippen molar-refractivity contribution < 1.29 is 0 Å². The Labute approximate surface area is 87.3 Å². The van der Waals surface area contributed by atoms with Gasteiger partial charge in [0.15, 0.2) is 0 Å². The average molecular weight is 188 g/mol. The van der Waals surface area contributed by atoms with Crippen LogP contribution < -0.4 is 0 Å². The lowest BCUT2D eigenvalue weighted by molar-refractivity contribution is 0.452. The maximum absolute atomic E-state index is 2.39. The summed E-state index contributed by atoms with van der Waals surface area (Å²) in [5.74, 6) is 0. The number of hydrogen-bond donors (Lipinski definition) is 0. The van der Waals surface area contributed by atoms with E-state index in [9.17, 15) is 0 Å². The molecule has 0 spiro atoms. The zero-order valence-electron chi connectivity index (χ0n) is 9.94. The minimum atomic E-state index is 0.286. The Hall–Kier alpha value is -0.780. The summed E-state index contributed by atoms with van der Waals surface area (Å²) in [7, 11) is 0. The molecule has 0 radical (unpaired) electrons. The van der Waals surface area contributed by atoms with Crippen molar-refractivity contribution in [3.63, 3.8) is 0 Å². The van der Waals surface area contributed by atoms with E-state index < -0.39 is 0 Å². The fourth-order valence-electron chi connectivity index (χ4n) is 2.33. The van der Waals surface area contributed by atoms with Crippen molar-refractivity contribution in [1.29, 1.82) is 0 Å². The van der Waals surface area contributed by atoms with E-state index in [-0.39, 0.29) is 5.41 Å². The largest absolute Gasteiger partial charge is 0.0582 e. The van der Waals surface area contributed by atoms with E-state index in [4.69, 9.17) is 0 Å². The van der Waals surface area contributed by atoms with Crippen LogP contribution in [0.5, 0.6) is 0 Å². The Bertz CT molecular complexity index is 364. The second kappa shape index (κ2) is 2.62. The Balaban J connectivity index is 2.41. The van der Waals surface area contributed by atoms with Crippen LogP contribution in [0, 0.1) is 0 Å². The van der Waals surface area contributed by atoms with Crippen LogP contribution in [-0.4, -0.2) is 0 Å². The molecule has 1 aliphatic carbocycles. The molecule has 0 saturated heterocycles. The van der Waals surface area contributed by atoms with Crippen LogP contribution in [0.25, 0.3) is 0 Å². The summed E-state index contributed by atoms with van der Waals surface area (Å²) >= 11 is 0. The number of benzene rings is 1. The fraction of sp³-hybridized carbons (Fsp3) is 0.571. The van der Waals surface area contributed by atoms with Crippen LogP contribution in [0.3, 0.4) is 0 Å². The summed E-state index contributed by atoms with van der Waals surface area (Å²) < 4.78 is 0. The van der Waals surface area contributed by atoms with Crippen molar-refractivity contribution in [1.82, 2.24) is 0 Å². The van der Waals surface area contributed by atoms with E-state index in [0.717, 1.165) is 0 Å². The van der Waals surface area contributed by atoms with Gasteiger partial charge in [-0.05, 0) is 33.9 Å². The van der Waals surface area contributed by atoms with Gasteiger partial charge in [0.05, 0.1) is 0 Å². The van der Waals surface area contributed by atoms with Crippen LogP contribution in [0.15, 0.2) is 18.2 Å². The maximum atomic E-state index is 2.39. The molecule has 0 aliphatic heterocycles. The Morgan fingerprint density at radius 1 is 1.14 bits per heavy atom. The highest BCUT2D eigenvalue weighted by Crippen LogP contribution is 2.42. The van der Waals surface area contributed by atoms with Gasteiger partial charge in [-0.2, -0.15) is 0 Å². The molecule has 0 heterocycles. The zero-order chi connectivity index (χ0) is 10.6. The SMILES string of the molecule is CC(C)(C)c1ccc2c(c1)CC2(C)C. The van der Waals surface area contributed by atoms with Crippen molar-refractivity contribution in [2.24, 2.45) is 0 Å². The smallest absolute Gasteiger partial charge is 0.00604 e. The van der Waals surface area contributed by atoms with Gasteiger partial charge in [0.2, 0.25) is 0 Å². The minimum Gasteiger partial charge on any atom is -0.0582 e. The minimum absolute atomic E-state index is 0.286. The zero-order valence-corrected chi connectivity index (χ0v) is 9.94. The molecule has 0 heteroatoms. The summed E-state index contributed by atoms with van der Waals surface area (Å²) in [6.45, 7) is 11.5.